The summed E-state index contributed by atoms with van der Waals surface area (Å²) in [5, 5.41) is 16.5. The lowest BCUT2D eigenvalue weighted by Crippen LogP contribution is -2.22. The summed E-state index contributed by atoms with van der Waals surface area (Å²) in [4.78, 5) is 41.3. The molecule has 0 bridgehead atoms. The summed E-state index contributed by atoms with van der Waals surface area (Å²) in [5.41, 5.74) is 2.65. The SMILES string of the molecule is Cc1ccc(NC(=O)Nc2nc(CNS(=O)c3ccc(C(=O)O)cc3)cs2)c(C(=O)C2CCCC2)c1. The molecule has 1 aliphatic carbocycles. The second-order valence-electron chi connectivity index (χ2n) is 8.54. The number of carboxylic acid groups (broad SMARTS) is 1. The minimum atomic E-state index is -1.55. The highest BCUT2D eigenvalue weighted by Gasteiger charge is 2.26. The molecule has 0 saturated heterocycles. The molecule has 0 aliphatic heterocycles. The van der Waals surface area contributed by atoms with Crippen molar-refractivity contribution in [1.82, 2.24) is 9.71 Å². The summed E-state index contributed by atoms with van der Waals surface area (Å²) in [6.07, 6.45) is 3.87. The zero-order chi connectivity index (χ0) is 25.7. The van der Waals surface area contributed by atoms with Crippen LogP contribution in [-0.2, 0) is 17.5 Å². The number of hydrogen-bond donors (Lipinski definition) is 4. The topological polar surface area (TPSA) is 137 Å². The quantitative estimate of drug-likeness (QED) is 0.290. The maximum Gasteiger partial charge on any atom is 0.335 e. The Labute approximate surface area is 214 Å². The molecule has 1 fully saturated rings. The van der Waals surface area contributed by atoms with E-state index in [2.05, 4.69) is 20.3 Å². The van der Waals surface area contributed by atoms with Gasteiger partial charge < -0.3 is 10.4 Å². The van der Waals surface area contributed by atoms with Crippen molar-refractivity contribution in [3.8, 4) is 0 Å². The van der Waals surface area contributed by atoms with Gasteiger partial charge in [-0.3, -0.25) is 10.1 Å². The molecular formula is C25H26N4O5S2. The van der Waals surface area contributed by atoms with Crippen LogP contribution in [0.3, 0.4) is 0 Å². The Morgan fingerprint density at radius 1 is 1.08 bits per heavy atom. The highest BCUT2D eigenvalue weighted by Crippen LogP contribution is 2.31. The summed E-state index contributed by atoms with van der Waals surface area (Å²) < 4.78 is 15.2. The number of benzene rings is 2. The van der Waals surface area contributed by atoms with Gasteiger partial charge in [0.05, 0.1) is 28.4 Å². The molecular weight excluding hydrogens is 500 g/mol. The van der Waals surface area contributed by atoms with Crippen molar-refractivity contribution in [3.63, 3.8) is 0 Å². The number of carbonyl (C=O) groups excluding carboxylic acids is 2. The number of urea groups is 1. The lowest BCUT2D eigenvalue weighted by Gasteiger charge is -2.14. The molecule has 4 rings (SSSR count). The van der Waals surface area contributed by atoms with Crippen LogP contribution in [0.15, 0.2) is 52.7 Å². The predicted molar refractivity (Wildman–Crippen MR) is 139 cm³/mol. The van der Waals surface area contributed by atoms with Crippen LogP contribution in [0.5, 0.6) is 0 Å². The van der Waals surface area contributed by atoms with Crippen molar-refractivity contribution < 1.29 is 23.7 Å². The van der Waals surface area contributed by atoms with Crippen molar-refractivity contribution in [1.29, 1.82) is 0 Å². The third-order valence-electron chi connectivity index (χ3n) is 5.89. The molecule has 1 unspecified atom stereocenters. The molecule has 2 aromatic carbocycles. The Morgan fingerprint density at radius 3 is 2.50 bits per heavy atom. The van der Waals surface area contributed by atoms with Crippen LogP contribution in [0.4, 0.5) is 15.6 Å². The van der Waals surface area contributed by atoms with Crippen LogP contribution in [0.1, 0.15) is 57.7 Å². The zero-order valence-electron chi connectivity index (χ0n) is 19.6. The number of anilines is 2. The first-order chi connectivity index (χ1) is 17.3. The number of aromatic carboxylic acids is 1. The molecule has 11 heteroatoms. The van der Waals surface area contributed by atoms with Gasteiger partial charge in [0.2, 0.25) is 0 Å². The number of nitrogens with zero attached hydrogens (tertiary/aromatic N) is 1. The van der Waals surface area contributed by atoms with Crippen LogP contribution in [0, 0.1) is 12.8 Å². The molecule has 9 nitrogen and oxygen atoms in total. The average molecular weight is 527 g/mol. The van der Waals surface area contributed by atoms with Crippen LogP contribution in [0.25, 0.3) is 0 Å². The molecule has 0 spiro atoms. The Hall–Kier alpha value is -3.41. The Bertz CT molecular complexity index is 1300. The predicted octanol–water partition coefficient (Wildman–Crippen LogP) is 4.98. The van der Waals surface area contributed by atoms with Crippen molar-refractivity contribution in [3.05, 3.63) is 70.2 Å². The van der Waals surface area contributed by atoms with E-state index in [1.807, 2.05) is 19.1 Å². The molecule has 188 valence electrons. The number of thiazole rings is 1. The van der Waals surface area contributed by atoms with Gasteiger partial charge in [-0.05, 0) is 56.2 Å². The number of hydrogen-bond acceptors (Lipinski definition) is 6. The number of rotatable bonds is 9. The number of aromatic nitrogens is 1. The highest BCUT2D eigenvalue weighted by atomic mass is 32.2. The molecule has 1 heterocycles. The van der Waals surface area contributed by atoms with Crippen molar-refractivity contribution >= 4 is 50.9 Å². The van der Waals surface area contributed by atoms with Crippen molar-refractivity contribution in [2.45, 2.75) is 44.0 Å². The normalized spacial score (nSPS) is 14.4. The fraction of sp³-hybridized carbons (Fsp3) is 0.280. The van der Waals surface area contributed by atoms with E-state index in [1.54, 1.807) is 11.4 Å². The standard InChI is InChI=1S/C25H26N4O5S2/c1-15-6-11-21(20(12-15)22(30)16-4-2-3-5-16)28-24(33)29-25-27-18(14-35-25)13-26-36(34)19-9-7-17(8-10-19)23(31)32/h6-12,14,16,26H,2-5,13H2,1H3,(H,31,32)(H2,27,28,29,33). The lowest BCUT2D eigenvalue weighted by atomic mass is 9.94. The Balaban J connectivity index is 1.33. The Kier molecular flexibility index (Phi) is 8.24. The fourth-order valence-electron chi connectivity index (χ4n) is 4.02. The molecule has 4 N–H and O–H groups in total. The largest absolute Gasteiger partial charge is 0.478 e. The lowest BCUT2D eigenvalue weighted by molar-refractivity contribution is 0.0696. The first kappa shape index (κ1) is 25.7. The van der Waals surface area contributed by atoms with Gasteiger partial charge in [0, 0.05) is 16.9 Å². The molecule has 0 radical (unpaired) electrons. The van der Waals surface area contributed by atoms with Gasteiger partial charge in [-0.15, -0.1) is 11.3 Å². The third kappa shape index (κ3) is 6.42. The molecule has 36 heavy (non-hydrogen) atoms. The van der Waals surface area contributed by atoms with Gasteiger partial charge in [0.1, 0.15) is 11.0 Å². The average Bonchev–Trinajstić information content (AvgIpc) is 3.56. The van der Waals surface area contributed by atoms with Gasteiger partial charge in [-0.2, -0.15) is 0 Å². The summed E-state index contributed by atoms with van der Waals surface area (Å²) in [6.45, 7) is 2.10. The van der Waals surface area contributed by atoms with E-state index in [-0.39, 0.29) is 23.8 Å². The zero-order valence-corrected chi connectivity index (χ0v) is 21.2. The fourth-order valence-corrected chi connectivity index (χ4v) is 5.55. The van der Waals surface area contributed by atoms with E-state index in [9.17, 15) is 18.6 Å². The van der Waals surface area contributed by atoms with Crippen LogP contribution < -0.4 is 15.4 Å². The molecule has 2 amide bonds. The molecule has 3 aromatic rings. The molecule has 1 saturated carbocycles. The molecule has 1 atom stereocenters. The van der Waals surface area contributed by atoms with Crippen molar-refractivity contribution in [2.24, 2.45) is 5.92 Å². The summed E-state index contributed by atoms with van der Waals surface area (Å²) in [7, 11) is -1.55. The minimum Gasteiger partial charge on any atom is -0.478 e. The second-order valence-corrected chi connectivity index (χ2v) is 10.7. The van der Waals surface area contributed by atoms with E-state index < -0.39 is 23.0 Å². The smallest absolute Gasteiger partial charge is 0.335 e. The van der Waals surface area contributed by atoms with E-state index >= 15 is 0 Å². The van der Waals surface area contributed by atoms with Gasteiger partial charge in [-0.1, -0.05) is 24.5 Å². The molecule has 1 aliphatic rings. The second kappa shape index (κ2) is 11.5. The maximum atomic E-state index is 13.0. The number of Topliss-reactive ketones (excluding diaryl/α,β-unsaturated/α-hetero) is 1. The van der Waals surface area contributed by atoms with E-state index in [0.29, 0.717) is 27.0 Å². The van der Waals surface area contributed by atoms with Gasteiger partial charge in [0.25, 0.3) is 0 Å². The number of ketones is 1. The van der Waals surface area contributed by atoms with Crippen LogP contribution in [-0.4, -0.2) is 32.1 Å². The Morgan fingerprint density at radius 2 is 1.81 bits per heavy atom. The van der Waals surface area contributed by atoms with E-state index in [4.69, 9.17) is 5.11 Å². The van der Waals surface area contributed by atoms with Gasteiger partial charge in [-0.25, -0.2) is 23.5 Å². The molecule has 1 aromatic heterocycles. The number of carbonyl (C=O) groups is 3. The summed E-state index contributed by atoms with van der Waals surface area (Å²) in [6, 6.07) is 10.7. The first-order valence-corrected chi connectivity index (χ1v) is 13.5. The van der Waals surface area contributed by atoms with Gasteiger partial charge in [0.15, 0.2) is 10.9 Å². The summed E-state index contributed by atoms with van der Waals surface area (Å²) >= 11 is 1.22. The van der Waals surface area contributed by atoms with Crippen molar-refractivity contribution in [2.75, 3.05) is 10.6 Å². The summed E-state index contributed by atoms with van der Waals surface area (Å²) in [5.74, 6) is -0.976. The first-order valence-electron chi connectivity index (χ1n) is 11.5. The number of aryl methyl sites for hydroxylation is 1. The number of carboxylic acids is 1. The van der Waals surface area contributed by atoms with Crippen LogP contribution in [0.2, 0.25) is 0 Å². The minimum absolute atomic E-state index is 0.00471. The van der Waals surface area contributed by atoms with Crippen LogP contribution >= 0.6 is 11.3 Å². The maximum absolute atomic E-state index is 13.0. The third-order valence-corrected chi connectivity index (χ3v) is 7.80. The number of nitrogens with one attached hydrogen (secondary N) is 3. The highest BCUT2D eigenvalue weighted by molar-refractivity contribution is 7.83. The van der Waals surface area contributed by atoms with E-state index in [1.165, 1.54) is 35.6 Å². The van der Waals surface area contributed by atoms with Gasteiger partial charge >= 0.3 is 12.0 Å². The van der Waals surface area contributed by atoms with E-state index in [0.717, 1.165) is 31.2 Å². The number of amides is 2. The monoisotopic (exact) mass is 526 g/mol.